The maximum Gasteiger partial charge on any atom is 0.241 e. The lowest BCUT2D eigenvalue weighted by Crippen LogP contribution is -2.42. The van der Waals surface area contributed by atoms with Crippen LogP contribution in [0.25, 0.3) is 0 Å². The summed E-state index contributed by atoms with van der Waals surface area (Å²) in [6.07, 6.45) is 0. The smallest absolute Gasteiger partial charge is 0.241 e. The molecule has 1 heterocycles. The fraction of sp³-hybridized carbons (Fsp3) is 0.278. The Morgan fingerprint density at radius 1 is 1.26 bits per heavy atom. The summed E-state index contributed by atoms with van der Waals surface area (Å²) in [6.45, 7) is 3.79. The number of rotatable bonds is 3. The molecule has 1 atom stereocenters. The van der Waals surface area contributed by atoms with Crippen LogP contribution < -0.4 is 10.1 Å². The van der Waals surface area contributed by atoms with Gasteiger partial charge in [0.25, 0.3) is 0 Å². The molecular formula is C18H19ClN2O2. The van der Waals surface area contributed by atoms with Crippen molar-refractivity contribution in [2.45, 2.75) is 19.5 Å². The highest BCUT2D eigenvalue weighted by atomic mass is 35.5. The molecule has 2 aromatic rings. The zero-order valence-electron chi connectivity index (χ0n) is 13.0. The number of benzene rings is 2. The lowest BCUT2D eigenvalue weighted by atomic mass is 10.1. The average Bonchev–Trinajstić information content (AvgIpc) is 2.76. The van der Waals surface area contributed by atoms with E-state index in [4.69, 9.17) is 16.3 Å². The first-order chi connectivity index (χ1) is 11.1. The van der Waals surface area contributed by atoms with Gasteiger partial charge in [-0.05, 0) is 37.3 Å². The zero-order chi connectivity index (χ0) is 16.2. The monoisotopic (exact) mass is 330 g/mol. The van der Waals surface area contributed by atoms with Gasteiger partial charge in [-0.25, -0.2) is 0 Å². The Bertz CT molecular complexity index is 691. The molecule has 0 saturated carbocycles. The van der Waals surface area contributed by atoms with Crippen LogP contribution in [0.1, 0.15) is 12.5 Å². The summed E-state index contributed by atoms with van der Waals surface area (Å²) in [5.41, 5.74) is 1.81. The summed E-state index contributed by atoms with van der Waals surface area (Å²) < 4.78 is 5.75. The number of anilines is 1. The van der Waals surface area contributed by atoms with Gasteiger partial charge in [0, 0.05) is 29.4 Å². The summed E-state index contributed by atoms with van der Waals surface area (Å²) in [6, 6.07) is 14.8. The largest absolute Gasteiger partial charge is 0.492 e. The van der Waals surface area contributed by atoms with Crippen LogP contribution in [0.2, 0.25) is 5.02 Å². The van der Waals surface area contributed by atoms with Crippen molar-refractivity contribution in [3.05, 3.63) is 59.1 Å². The molecule has 2 aromatic carbocycles. The molecule has 0 fully saturated rings. The van der Waals surface area contributed by atoms with Crippen molar-refractivity contribution >= 4 is 23.2 Å². The van der Waals surface area contributed by atoms with Gasteiger partial charge < -0.3 is 10.1 Å². The average molecular weight is 331 g/mol. The van der Waals surface area contributed by atoms with Crippen LogP contribution in [0, 0.1) is 0 Å². The molecule has 1 aliphatic heterocycles. The van der Waals surface area contributed by atoms with Crippen molar-refractivity contribution < 1.29 is 9.53 Å². The maximum absolute atomic E-state index is 12.5. The van der Waals surface area contributed by atoms with E-state index in [0.29, 0.717) is 24.7 Å². The number of halogens is 1. The van der Waals surface area contributed by atoms with Crippen LogP contribution in [0.4, 0.5) is 5.69 Å². The Labute approximate surface area is 141 Å². The Morgan fingerprint density at radius 2 is 2.04 bits per heavy atom. The van der Waals surface area contributed by atoms with E-state index in [1.54, 1.807) is 0 Å². The first-order valence-corrected chi connectivity index (χ1v) is 8.02. The summed E-state index contributed by atoms with van der Waals surface area (Å²) in [5, 5.41) is 3.62. The minimum atomic E-state index is -0.260. The number of ether oxygens (including phenoxy) is 1. The van der Waals surface area contributed by atoms with Crippen LogP contribution >= 0.6 is 11.6 Å². The number of nitrogens with one attached hydrogen (secondary N) is 1. The van der Waals surface area contributed by atoms with Gasteiger partial charge in [-0.3, -0.25) is 9.69 Å². The third-order valence-electron chi connectivity index (χ3n) is 4.00. The van der Waals surface area contributed by atoms with E-state index in [9.17, 15) is 4.79 Å². The number of fused-ring (bicyclic) bond motifs is 1. The topological polar surface area (TPSA) is 41.6 Å². The molecule has 23 heavy (non-hydrogen) atoms. The van der Waals surface area contributed by atoms with Gasteiger partial charge in [0.05, 0.1) is 6.04 Å². The first-order valence-electron chi connectivity index (χ1n) is 7.64. The van der Waals surface area contributed by atoms with Gasteiger partial charge in [-0.15, -0.1) is 0 Å². The molecular weight excluding hydrogens is 312 g/mol. The molecule has 0 spiro atoms. The Hall–Kier alpha value is -2.04. The number of para-hydroxylation sites is 1. The highest BCUT2D eigenvalue weighted by Gasteiger charge is 2.24. The van der Waals surface area contributed by atoms with Crippen molar-refractivity contribution in [1.82, 2.24) is 4.90 Å². The Morgan fingerprint density at radius 3 is 2.83 bits per heavy atom. The van der Waals surface area contributed by atoms with Crippen LogP contribution in [-0.2, 0) is 11.3 Å². The van der Waals surface area contributed by atoms with E-state index in [1.807, 2.05) is 55.5 Å². The minimum Gasteiger partial charge on any atom is -0.492 e. The first kappa shape index (κ1) is 15.8. The van der Waals surface area contributed by atoms with Gasteiger partial charge in [0.15, 0.2) is 0 Å². The third-order valence-corrected chi connectivity index (χ3v) is 4.24. The molecule has 120 valence electrons. The second kappa shape index (κ2) is 7.02. The van der Waals surface area contributed by atoms with Crippen molar-refractivity contribution in [3.63, 3.8) is 0 Å². The van der Waals surface area contributed by atoms with E-state index in [1.165, 1.54) is 0 Å². The van der Waals surface area contributed by atoms with Gasteiger partial charge in [-0.1, -0.05) is 29.8 Å². The second-order valence-electron chi connectivity index (χ2n) is 5.60. The number of carbonyl (C=O) groups is 1. The van der Waals surface area contributed by atoms with Crippen LogP contribution in [0.3, 0.4) is 0 Å². The summed E-state index contributed by atoms with van der Waals surface area (Å²) in [4.78, 5) is 14.6. The second-order valence-corrected chi connectivity index (χ2v) is 6.04. The predicted molar refractivity (Wildman–Crippen MR) is 91.9 cm³/mol. The highest BCUT2D eigenvalue weighted by Crippen LogP contribution is 2.27. The highest BCUT2D eigenvalue weighted by molar-refractivity contribution is 6.30. The fourth-order valence-corrected chi connectivity index (χ4v) is 2.84. The van der Waals surface area contributed by atoms with E-state index in [0.717, 1.165) is 17.0 Å². The van der Waals surface area contributed by atoms with Gasteiger partial charge in [0.1, 0.15) is 12.4 Å². The lowest BCUT2D eigenvalue weighted by Gasteiger charge is -2.26. The number of nitrogens with zero attached hydrogens (tertiary/aromatic N) is 1. The fourth-order valence-electron chi connectivity index (χ4n) is 2.65. The maximum atomic E-state index is 12.5. The van der Waals surface area contributed by atoms with Crippen LogP contribution in [0.15, 0.2) is 48.5 Å². The molecule has 1 N–H and O–H groups in total. The quantitative estimate of drug-likeness (QED) is 0.935. The van der Waals surface area contributed by atoms with Crippen molar-refractivity contribution in [1.29, 1.82) is 0 Å². The molecule has 3 rings (SSSR count). The molecule has 5 heteroatoms. The molecule has 0 aliphatic carbocycles. The van der Waals surface area contributed by atoms with E-state index in [2.05, 4.69) is 10.2 Å². The van der Waals surface area contributed by atoms with Gasteiger partial charge >= 0.3 is 0 Å². The number of carbonyl (C=O) groups excluding carboxylic acids is 1. The number of hydrogen-bond donors (Lipinski definition) is 1. The molecule has 1 amide bonds. The van der Waals surface area contributed by atoms with Crippen molar-refractivity contribution in [3.8, 4) is 5.75 Å². The number of hydrogen-bond acceptors (Lipinski definition) is 3. The third kappa shape index (κ3) is 3.84. The molecule has 0 bridgehead atoms. The van der Waals surface area contributed by atoms with E-state index < -0.39 is 0 Å². The molecule has 0 radical (unpaired) electrons. The SMILES string of the molecule is CC(C(=O)Nc1ccccc1)N1CCOc2ccc(Cl)cc2C1. The Kier molecular flexibility index (Phi) is 4.84. The van der Waals surface area contributed by atoms with E-state index >= 15 is 0 Å². The van der Waals surface area contributed by atoms with Crippen LogP contribution in [-0.4, -0.2) is 30.0 Å². The summed E-state index contributed by atoms with van der Waals surface area (Å²) >= 11 is 6.07. The molecule has 0 aromatic heterocycles. The number of amides is 1. The molecule has 1 aliphatic rings. The molecule has 0 saturated heterocycles. The predicted octanol–water partition coefficient (Wildman–Crippen LogP) is 3.56. The minimum absolute atomic E-state index is 0.0262. The standard InChI is InChI=1S/C18H19ClN2O2/c1-13(18(22)20-16-5-3-2-4-6-16)21-9-10-23-17-8-7-15(19)11-14(17)12-21/h2-8,11,13H,9-10,12H2,1H3,(H,20,22). The zero-order valence-corrected chi connectivity index (χ0v) is 13.7. The molecule has 1 unspecified atom stereocenters. The van der Waals surface area contributed by atoms with Crippen molar-refractivity contribution in [2.24, 2.45) is 0 Å². The van der Waals surface area contributed by atoms with Gasteiger partial charge in [0.2, 0.25) is 5.91 Å². The van der Waals surface area contributed by atoms with Crippen LogP contribution in [0.5, 0.6) is 5.75 Å². The summed E-state index contributed by atoms with van der Waals surface area (Å²) in [5.74, 6) is 0.814. The van der Waals surface area contributed by atoms with Crippen molar-refractivity contribution in [2.75, 3.05) is 18.5 Å². The summed E-state index contributed by atoms with van der Waals surface area (Å²) in [7, 11) is 0. The van der Waals surface area contributed by atoms with Gasteiger partial charge in [-0.2, -0.15) is 0 Å². The Balaban J connectivity index is 1.71. The molecule has 4 nitrogen and oxygen atoms in total. The normalized spacial score (nSPS) is 15.9. The lowest BCUT2D eigenvalue weighted by molar-refractivity contribution is -0.121. The van der Waals surface area contributed by atoms with E-state index in [-0.39, 0.29) is 11.9 Å².